The molecular formula is C13H15BrCl2O4S. The van der Waals surface area contributed by atoms with Crippen LogP contribution in [0.3, 0.4) is 0 Å². The molecule has 0 radical (unpaired) electrons. The van der Waals surface area contributed by atoms with Crippen molar-refractivity contribution in [2.75, 3.05) is 6.61 Å². The van der Waals surface area contributed by atoms with E-state index >= 15 is 0 Å². The van der Waals surface area contributed by atoms with Crippen molar-refractivity contribution in [3.05, 3.63) is 27.2 Å². The Kier molecular flexibility index (Phi) is 6.97. The third-order valence-corrected chi connectivity index (χ3v) is 4.97. The molecule has 0 N–H and O–H groups in total. The molecule has 1 aromatic carbocycles. The first-order valence-electron chi connectivity index (χ1n) is 6.23. The molecule has 1 rings (SSSR count). The standard InChI is InChI=1S/C13H15BrCl2O4S/c1-8(2)4-3-5-20-13(17)10-6-9(14)7-11(12(10)15)21(16,18)19/h6-8H,3-5H2,1-2H3. The Labute approximate surface area is 142 Å². The van der Waals surface area contributed by atoms with E-state index in [9.17, 15) is 13.2 Å². The summed E-state index contributed by atoms with van der Waals surface area (Å²) in [7, 11) is 1.24. The van der Waals surface area contributed by atoms with Gasteiger partial charge in [-0.2, -0.15) is 0 Å². The molecule has 0 unspecified atom stereocenters. The Morgan fingerprint density at radius 3 is 2.52 bits per heavy atom. The number of carbonyl (C=O) groups is 1. The zero-order valence-electron chi connectivity index (χ0n) is 11.5. The van der Waals surface area contributed by atoms with Crippen LogP contribution >= 0.6 is 38.2 Å². The summed E-state index contributed by atoms with van der Waals surface area (Å²) in [6.07, 6.45) is 1.66. The third-order valence-electron chi connectivity index (χ3n) is 2.65. The lowest BCUT2D eigenvalue weighted by Gasteiger charge is -2.10. The highest BCUT2D eigenvalue weighted by Gasteiger charge is 2.23. The van der Waals surface area contributed by atoms with Crippen LogP contribution in [-0.2, 0) is 13.8 Å². The second kappa shape index (κ2) is 7.81. The third kappa shape index (κ3) is 5.77. The summed E-state index contributed by atoms with van der Waals surface area (Å²) in [6.45, 7) is 4.40. The molecule has 0 fully saturated rings. The maximum Gasteiger partial charge on any atom is 0.339 e. The summed E-state index contributed by atoms with van der Waals surface area (Å²) in [4.78, 5) is 11.7. The minimum absolute atomic E-state index is 0.0326. The van der Waals surface area contributed by atoms with E-state index in [0.29, 0.717) is 10.4 Å². The number of hydrogen-bond donors (Lipinski definition) is 0. The van der Waals surface area contributed by atoms with Gasteiger partial charge in [-0.05, 0) is 30.9 Å². The Bertz CT molecular complexity index is 629. The molecule has 0 heterocycles. The molecule has 1 aromatic rings. The lowest BCUT2D eigenvalue weighted by atomic mass is 10.1. The van der Waals surface area contributed by atoms with Gasteiger partial charge < -0.3 is 4.74 Å². The maximum absolute atomic E-state index is 12.0. The van der Waals surface area contributed by atoms with Gasteiger partial charge in [0.15, 0.2) is 0 Å². The molecule has 0 aliphatic carbocycles. The number of hydrogen-bond acceptors (Lipinski definition) is 4. The first-order valence-corrected chi connectivity index (χ1v) is 9.71. The second-order valence-electron chi connectivity index (χ2n) is 4.88. The molecule has 0 aliphatic heterocycles. The van der Waals surface area contributed by atoms with E-state index < -0.39 is 15.0 Å². The molecule has 0 aliphatic rings. The molecule has 118 valence electrons. The van der Waals surface area contributed by atoms with E-state index in [-0.39, 0.29) is 22.1 Å². The minimum atomic E-state index is -4.05. The largest absolute Gasteiger partial charge is 0.462 e. The van der Waals surface area contributed by atoms with Gasteiger partial charge in [-0.15, -0.1) is 0 Å². The van der Waals surface area contributed by atoms with Crippen molar-refractivity contribution >= 4 is 53.2 Å². The Balaban J connectivity index is 2.93. The lowest BCUT2D eigenvalue weighted by Crippen LogP contribution is -2.09. The van der Waals surface area contributed by atoms with Gasteiger partial charge in [0.1, 0.15) is 4.90 Å². The highest BCUT2D eigenvalue weighted by atomic mass is 79.9. The fourth-order valence-electron chi connectivity index (χ4n) is 1.62. The molecule has 0 atom stereocenters. The topological polar surface area (TPSA) is 60.4 Å². The van der Waals surface area contributed by atoms with E-state index in [1.54, 1.807) is 0 Å². The van der Waals surface area contributed by atoms with Crippen molar-refractivity contribution in [3.8, 4) is 0 Å². The molecule has 0 saturated heterocycles. The van der Waals surface area contributed by atoms with E-state index in [0.717, 1.165) is 12.8 Å². The molecule has 0 amide bonds. The normalized spacial score (nSPS) is 11.7. The van der Waals surface area contributed by atoms with Crippen LogP contribution in [0.1, 0.15) is 37.0 Å². The van der Waals surface area contributed by atoms with Crippen LogP contribution in [0.5, 0.6) is 0 Å². The monoisotopic (exact) mass is 416 g/mol. The molecule has 21 heavy (non-hydrogen) atoms. The quantitative estimate of drug-likeness (QED) is 0.384. The maximum atomic E-state index is 12.0. The Hall–Kier alpha value is -0.300. The first kappa shape index (κ1) is 18.7. The van der Waals surface area contributed by atoms with Gasteiger partial charge in [0, 0.05) is 15.2 Å². The molecule has 0 aromatic heterocycles. The van der Waals surface area contributed by atoms with Crippen LogP contribution < -0.4 is 0 Å². The molecule has 0 spiro atoms. The van der Waals surface area contributed by atoms with Gasteiger partial charge in [0.05, 0.1) is 17.2 Å². The van der Waals surface area contributed by atoms with Gasteiger partial charge >= 0.3 is 5.97 Å². The smallest absolute Gasteiger partial charge is 0.339 e. The van der Waals surface area contributed by atoms with E-state index in [4.69, 9.17) is 27.0 Å². The summed E-state index contributed by atoms with van der Waals surface area (Å²) in [5, 5.41) is -0.234. The number of halogens is 3. The van der Waals surface area contributed by atoms with Crippen molar-refractivity contribution in [1.29, 1.82) is 0 Å². The highest BCUT2D eigenvalue weighted by Crippen LogP contribution is 2.32. The lowest BCUT2D eigenvalue weighted by molar-refractivity contribution is 0.0494. The summed E-state index contributed by atoms with van der Waals surface area (Å²) >= 11 is 9.06. The van der Waals surface area contributed by atoms with Gasteiger partial charge in [-0.25, -0.2) is 13.2 Å². The minimum Gasteiger partial charge on any atom is -0.462 e. The number of esters is 1. The molecular weight excluding hydrogens is 403 g/mol. The van der Waals surface area contributed by atoms with Crippen LogP contribution in [0.2, 0.25) is 5.02 Å². The SMILES string of the molecule is CC(C)CCCOC(=O)c1cc(Br)cc(S(=O)(=O)Cl)c1Cl. The van der Waals surface area contributed by atoms with Crippen LogP contribution in [0, 0.1) is 5.92 Å². The van der Waals surface area contributed by atoms with Gasteiger partial charge in [0.25, 0.3) is 9.05 Å². The van der Waals surface area contributed by atoms with E-state index in [1.807, 2.05) is 0 Å². The predicted molar refractivity (Wildman–Crippen MR) is 86.5 cm³/mol. The summed E-state index contributed by atoms with van der Waals surface area (Å²) in [5.74, 6) is -0.155. The average Bonchev–Trinajstić information content (AvgIpc) is 2.35. The van der Waals surface area contributed by atoms with Crippen molar-refractivity contribution in [2.24, 2.45) is 5.92 Å². The summed E-state index contributed by atoms with van der Waals surface area (Å²) in [5.41, 5.74) is -0.0326. The second-order valence-corrected chi connectivity index (χ2v) is 8.70. The summed E-state index contributed by atoms with van der Waals surface area (Å²) < 4.78 is 28.3. The van der Waals surface area contributed by atoms with Crippen molar-refractivity contribution < 1.29 is 17.9 Å². The first-order chi connectivity index (χ1) is 9.62. The van der Waals surface area contributed by atoms with Crippen molar-refractivity contribution in [3.63, 3.8) is 0 Å². The average molecular weight is 418 g/mol. The molecule has 4 nitrogen and oxygen atoms in total. The number of ether oxygens (including phenoxy) is 1. The molecule has 0 saturated carbocycles. The predicted octanol–water partition coefficient (Wildman–Crippen LogP) is 4.62. The van der Waals surface area contributed by atoms with Crippen LogP contribution in [0.4, 0.5) is 0 Å². The van der Waals surface area contributed by atoms with Crippen LogP contribution in [-0.4, -0.2) is 21.0 Å². The zero-order valence-corrected chi connectivity index (χ0v) is 15.4. The number of carbonyl (C=O) groups excluding carboxylic acids is 1. The van der Waals surface area contributed by atoms with Crippen LogP contribution in [0.15, 0.2) is 21.5 Å². The van der Waals surface area contributed by atoms with Gasteiger partial charge in [0.2, 0.25) is 0 Å². The van der Waals surface area contributed by atoms with Crippen LogP contribution in [0.25, 0.3) is 0 Å². The highest BCUT2D eigenvalue weighted by molar-refractivity contribution is 9.10. The summed E-state index contributed by atoms with van der Waals surface area (Å²) in [6, 6.07) is 2.64. The Morgan fingerprint density at radius 1 is 1.38 bits per heavy atom. The molecule has 8 heteroatoms. The van der Waals surface area contributed by atoms with E-state index in [1.165, 1.54) is 12.1 Å². The van der Waals surface area contributed by atoms with E-state index in [2.05, 4.69) is 29.8 Å². The van der Waals surface area contributed by atoms with Gasteiger partial charge in [-0.1, -0.05) is 41.4 Å². The fraction of sp³-hybridized carbons (Fsp3) is 0.462. The van der Waals surface area contributed by atoms with Gasteiger partial charge in [-0.3, -0.25) is 0 Å². The number of rotatable bonds is 6. The number of benzene rings is 1. The molecule has 0 bridgehead atoms. The fourth-order valence-corrected chi connectivity index (χ4v) is 3.80. The Morgan fingerprint density at radius 2 is 2.00 bits per heavy atom. The van der Waals surface area contributed by atoms with Crippen molar-refractivity contribution in [1.82, 2.24) is 0 Å². The zero-order chi connectivity index (χ0) is 16.2. The van der Waals surface area contributed by atoms with Crippen molar-refractivity contribution in [2.45, 2.75) is 31.6 Å².